The molecular formula is C10H13N3O5. The molecular weight excluding hydrogens is 242 g/mol. The number of carbonyl (C=O) groups is 2. The van der Waals surface area contributed by atoms with E-state index in [1.807, 2.05) is 6.07 Å². The summed E-state index contributed by atoms with van der Waals surface area (Å²) in [5.41, 5.74) is 0. The van der Waals surface area contributed by atoms with E-state index < -0.39 is 11.9 Å². The van der Waals surface area contributed by atoms with Crippen LogP contribution < -0.4 is 9.64 Å². The van der Waals surface area contributed by atoms with E-state index in [1.165, 1.54) is 6.42 Å². The maximum atomic E-state index is 9.10. The summed E-state index contributed by atoms with van der Waals surface area (Å²) in [6.45, 7) is 2.13. The first-order chi connectivity index (χ1) is 8.56. The smallest absolute Gasteiger partial charge is 0.414 e. The van der Waals surface area contributed by atoms with Crippen molar-refractivity contribution in [1.82, 2.24) is 10.2 Å². The number of aliphatic carboxylic acids is 2. The van der Waals surface area contributed by atoms with Gasteiger partial charge in [0.15, 0.2) is 11.6 Å². The van der Waals surface area contributed by atoms with Crippen LogP contribution in [0.4, 0.5) is 5.82 Å². The molecule has 1 aromatic heterocycles. The first kappa shape index (κ1) is 13.7. The molecule has 0 amide bonds. The third kappa shape index (κ3) is 3.58. The summed E-state index contributed by atoms with van der Waals surface area (Å²) < 4.78 is 5.16. The molecule has 1 aliphatic rings. The van der Waals surface area contributed by atoms with Crippen molar-refractivity contribution in [3.63, 3.8) is 0 Å². The first-order valence-electron chi connectivity index (χ1n) is 5.13. The number of hydrogen-bond acceptors (Lipinski definition) is 6. The average molecular weight is 255 g/mol. The van der Waals surface area contributed by atoms with E-state index in [0.29, 0.717) is 0 Å². The van der Waals surface area contributed by atoms with Gasteiger partial charge in [-0.05, 0) is 6.42 Å². The molecule has 18 heavy (non-hydrogen) atoms. The fourth-order valence-corrected chi connectivity index (χ4v) is 1.22. The molecule has 0 saturated carbocycles. The predicted octanol–water partition coefficient (Wildman–Crippen LogP) is -0.149. The second kappa shape index (κ2) is 6.38. The van der Waals surface area contributed by atoms with Crippen molar-refractivity contribution in [1.29, 1.82) is 0 Å². The molecule has 1 aliphatic heterocycles. The van der Waals surface area contributed by atoms with E-state index in [-0.39, 0.29) is 0 Å². The van der Waals surface area contributed by atoms with Gasteiger partial charge in [-0.1, -0.05) is 0 Å². The van der Waals surface area contributed by atoms with Crippen LogP contribution >= 0.6 is 0 Å². The summed E-state index contributed by atoms with van der Waals surface area (Å²) in [7, 11) is 1.65. The number of carboxylic acids is 2. The van der Waals surface area contributed by atoms with Crippen LogP contribution in [0.3, 0.4) is 0 Å². The Bertz CT molecular complexity index is 421. The lowest BCUT2D eigenvalue weighted by molar-refractivity contribution is -0.159. The molecule has 0 spiro atoms. The lowest BCUT2D eigenvalue weighted by atomic mass is 10.2. The van der Waals surface area contributed by atoms with Gasteiger partial charge in [-0.3, -0.25) is 0 Å². The second-order valence-corrected chi connectivity index (χ2v) is 3.37. The standard InChI is InChI=1S/C8H11N3O.C2H2O4/c1-12-7-3-4-9-10-8(7)11-5-2-6-11;3-1(4)2(5)6/h3-4H,2,5-6H2,1H3;(H,3,4)(H,5,6). The highest BCUT2D eigenvalue weighted by Crippen LogP contribution is 2.27. The number of nitrogens with zero attached hydrogens (tertiary/aromatic N) is 3. The molecule has 0 radical (unpaired) electrons. The number of aromatic nitrogens is 2. The van der Waals surface area contributed by atoms with Crippen molar-refractivity contribution in [3.05, 3.63) is 12.3 Å². The van der Waals surface area contributed by atoms with E-state index in [9.17, 15) is 0 Å². The summed E-state index contributed by atoms with van der Waals surface area (Å²) in [4.78, 5) is 20.4. The molecule has 0 aliphatic carbocycles. The molecule has 1 saturated heterocycles. The number of hydrogen-bond donors (Lipinski definition) is 2. The molecule has 2 rings (SSSR count). The molecule has 8 nitrogen and oxygen atoms in total. The van der Waals surface area contributed by atoms with Crippen LogP contribution in [0.25, 0.3) is 0 Å². The van der Waals surface area contributed by atoms with E-state index in [0.717, 1.165) is 24.7 Å². The Labute approximate surface area is 103 Å². The highest BCUT2D eigenvalue weighted by Gasteiger charge is 2.19. The fraction of sp³-hybridized carbons (Fsp3) is 0.400. The van der Waals surface area contributed by atoms with Crippen molar-refractivity contribution in [2.24, 2.45) is 0 Å². The molecule has 98 valence electrons. The van der Waals surface area contributed by atoms with E-state index in [1.54, 1.807) is 13.3 Å². The third-order valence-electron chi connectivity index (χ3n) is 2.22. The number of anilines is 1. The Kier molecular flexibility index (Phi) is 4.85. The van der Waals surface area contributed by atoms with Crippen molar-refractivity contribution in [3.8, 4) is 5.75 Å². The highest BCUT2D eigenvalue weighted by molar-refractivity contribution is 6.27. The van der Waals surface area contributed by atoms with Crippen molar-refractivity contribution < 1.29 is 24.5 Å². The average Bonchev–Trinajstić information content (AvgIpc) is 2.28. The zero-order valence-electron chi connectivity index (χ0n) is 9.74. The van der Waals surface area contributed by atoms with Crippen LogP contribution in [-0.2, 0) is 9.59 Å². The Morgan fingerprint density at radius 2 is 1.94 bits per heavy atom. The minimum atomic E-state index is -1.82. The maximum Gasteiger partial charge on any atom is 0.414 e. The van der Waals surface area contributed by atoms with Gasteiger partial charge in [-0.25, -0.2) is 9.59 Å². The molecule has 0 unspecified atom stereocenters. The van der Waals surface area contributed by atoms with Gasteiger partial charge in [0, 0.05) is 19.2 Å². The first-order valence-corrected chi connectivity index (χ1v) is 5.13. The Balaban J connectivity index is 0.000000232. The van der Waals surface area contributed by atoms with Crippen LogP contribution in [-0.4, -0.2) is 52.5 Å². The van der Waals surface area contributed by atoms with Crippen LogP contribution in [0.2, 0.25) is 0 Å². The zero-order chi connectivity index (χ0) is 13.5. The Morgan fingerprint density at radius 3 is 2.33 bits per heavy atom. The van der Waals surface area contributed by atoms with E-state index in [2.05, 4.69) is 15.1 Å². The quantitative estimate of drug-likeness (QED) is 0.701. The maximum absolute atomic E-state index is 9.10. The highest BCUT2D eigenvalue weighted by atomic mass is 16.5. The zero-order valence-corrected chi connectivity index (χ0v) is 9.74. The summed E-state index contributed by atoms with van der Waals surface area (Å²) in [5, 5.41) is 22.6. The van der Waals surface area contributed by atoms with Gasteiger partial charge in [-0.15, -0.1) is 5.10 Å². The molecule has 0 bridgehead atoms. The van der Waals surface area contributed by atoms with Crippen LogP contribution in [0.5, 0.6) is 5.75 Å². The van der Waals surface area contributed by atoms with Crippen LogP contribution in [0, 0.1) is 0 Å². The molecule has 8 heteroatoms. The molecule has 0 atom stereocenters. The van der Waals surface area contributed by atoms with Crippen LogP contribution in [0.15, 0.2) is 12.3 Å². The summed E-state index contributed by atoms with van der Waals surface area (Å²) in [5.74, 6) is -1.97. The molecule has 1 aromatic rings. The topological polar surface area (TPSA) is 113 Å². The lowest BCUT2D eigenvalue weighted by Gasteiger charge is -2.32. The summed E-state index contributed by atoms with van der Waals surface area (Å²) in [6, 6.07) is 1.83. The monoisotopic (exact) mass is 255 g/mol. The SMILES string of the molecule is COc1ccnnc1N1CCC1.O=C(O)C(=O)O. The predicted molar refractivity (Wildman–Crippen MR) is 60.7 cm³/mol. The summed E-state index contributed by atoms with van der Waals surface area (Å²) in [6.07, 6.45) is 2.88. The lowest BCUT2D eigenvalue weighted by Crippen LogP contribution is -2.38. The van der Waals surface area contributed by atoms with Crippen molar-refractivity contribution in [2.45, 2.75) is 6.42 Å². The fourth-order valence-electron chi connectivity index (χ4n) is 1.22. The molecule has 2 N–H and O–H groups in total. The number of rotatable bonds is 2. The van der Waals surface area contributed by atoms with Crippen molar-refractivity contribution >= 4 is 17.8 Å². The van der Waals surface area contributed by atoms with Crippen LogP contribution in [0.1, 0.15) is 6.42 Å². The minimum Gasteiger partial charge on any atom is -0.493 e. The van der Waals surface area contributed by atoms with Gasteiger partial charge in [0.2, 0.25) is 0 Å². The van der Waals surface area contributed by atoms with Gasteiger partial charge >= 0.3 is 11.9 Å². The number of ether oxygens (including phenoxy) is 1. The van der Waals surface area contributed by atoms with E-state index >= 15 is 0 Å². The Hall–Kier alpha value is -2.38. The number of carboxylic acid groups (broad SMARTS) is 2. The largest absolute Gasteiger partial charge is 0.493 e. The Morgan fingerprint density at radius 1 is 1.33 bits per heavy atom. The minimum absolute atomic E-state index is 0.810. The molecule has 1 fully saturated rings. The van der Waals surface area contributed by atoms with Gasteiger partial charge in [-0.2, -0.15) is 5.10 Å². The van der Waals surface area contributed by atoms with Gasteiger partial charge in [0.1, 0.15) is 0 Å². The number of methoxy groups -OCH3 is 1. The van der Waals surface area contributed by atoms with Crippen molar-refractivity contribution in [2.75, 3.05) is 25.1 Å². The van der Waals surface area contributed by atoms with E-state index in [4.69, 9.17) is 24.5 Å². The molecule has 0 aromatic carbocycles. The second-order valence-electron chi connectivity index (χ2n) is 3.37. The summed E-state index contributed by atoms with van der Waals surface area (Å²) >= 11 is 0. The normalized spacial score (nSPS) is 12.8. The van der Waals surface area contributed by atoms with Gasteiger partial charge in [0.05, 0.1) is 13.3 Å². The van der Waals surface area contributed by atoms with Gasteiger partial charge in [0.25, 0.3) is 0 Å². The van der Waals surface area contributed by atoms with Gasteiger partial charge < -0.3 is 19.8 Å². The third-order valence-corrected chi connectivity index (χ3v) is 2.22. The molecule has 2 heterocycles.